The number of fused-ring (bicyclic) bond motifs is 2. The van der Waals surface area contributed by atoms with E-state index in [-0.39, 0.29) is 24.7 Å². The van der Waals surface area contributed by atoms with Crippen LogP contribution in [-0.2, 0) is 9.59 Å². The molecule has 236 valence electrons. The number of hydrogen-bond acceptors (Lipinski definition) is 8. The summed E-state index contributed by atoms with van der Waals surface area (Å²) in [7, 11) is 0. The third-order valence-electron chi connectivity index (χ3n) is 10.9. The maximum absolute atomic E-state index is 12.7. The lowest BCUT2D eigenvalue weighted by atomic mass is 9.67. The second-order valence-electron chi connectivity index (χ2n) is 13.2. The Morgan fingerprint density at radius 1 is 0.705 bits per heavy atom. The molecule has 6 aliphatic rings. The van der Waals surface area contributed by atoms with Gasteiger partial charge in [-0.1, -0.05) is 11.1 Å². The minimum Gasteiger partial charge on any atom is -0.381 e. The van der Waals surface area contributed by atoms with Gasteiger partial charge in [-0.05, 0) is 113 Å². The van der Waals surface area contributed by atoms with E-state index < -0.39 is 34.1 Å². The topological polar surface area (TPSA) is 208 Å². The number of rotatable bonds is 4. The maximum atomic E-state index is 12.7. The number of Topliss-reactive ketones (excluding diaryl/α,β-unsaturated/α-hetero) is 2. The Kier molecular flexibility index (Phi) is 7.06. The average molecular weight is 609 g/mol. The molecule has 12 heteroatoms. The maximum Gasteiger partial charge on any atom is 0.338 e. The highest BCUT2D eigenvalue weighted by Crippen LogP contribution is 2.66. The van der Waals surface area contributed by atoms with Gasteiger partial charge in [0.15, 0.2) is 11.6 Å². The molecule has 0 aliphatic heterocycles. The van der Waals surface area contributed by atoms with Gasteiger partial charge < -0.3 is 21.7 Å². The number of nitrogens with two attached hydrogens (primary N) is 2. The number of carbonyl (C=O) groups excluding carboxylic acids is 4. The van der Waals surface area contributed by atoms with Crippen molar-refractivity contribution in [1.82, 2.24) is 10.1 Å². The Bertz CT molecular complexity index is 1510. The summed E-state index contributed by atoms with van der Waals surface area (Å²) in [6.07, 6.45) is 6.49. The van der Waals surface area contributed by atoms with Crippen LogP contribution in [0, 0.1) is 10.8 Å². The van der Waals surface area contributed by atoms with Gasteiger partial charge in [0.1, 0.15) is 11.2 Å². The van der Waals surface area contributed by atoms with Crippen molar-refractivity contribution in [3.63, 3.8) is 0 Å². The second kappa shape index (κ2) is 9.83. The van der Waals surface area contributed by atoms with Crippen LogP contribution < -0.4 is 11.5 Å². The Labute approximate surface area is 255 Å². The fourth-order valence-corrected chi connectivity index (χ4v) is 7.69. The molecule has 2 spiro atoms. The summed E-state index contributed by atoms with van der Waals surface area (Å²) in [4.78, 5) is 47.5. The molecule has 0 heterocycles. The first-order chi connectivity index (χ1) is 20.3. The second-order valence-corrected chi connectivity index (χ2v) is 13.2. The summed E-state index contributed by atoms with van der Waals surface area (Å²) < 4.78 is 0. The van der Waals surface area contributed by atoms with Crippen molar-refractivity contribution >= 4 is 23.6 Å². The third kappa shape index (κ3) is 4.19. The molecule has 4 amide bonds. The standard InChI is InChI=1S/2C16H20N2O4/c2*1-8-6-10-12(11(8)7-18(22)14(17)20)9(2)16(4-5-16)15(3,21)13(10)19/h2*6,21-22H,4-5,7H2,1-3H3,(H2,17,20)/t2*15-/m10/s1. The van der Waals surface area contributed by atoms with E-state index in [1.165, 1.54) is 0 Å². The fraction of sp³-hybridized carbons (Fsp3) is 0.500. The first-order valence-corrected chi connectivity index (χ1v) is 14.6. The smallest absolute Gasteiger partial charge is 0.338 e. The summed E-state index contributed by atoms with van der Waals surface area (Å²) in [6.45, 7) is 10.5. The van der Waals surface area contributed by atoms with Gasteiger partial charge in [-0.25, -0.2) is 19.7 Å². The molecule has 8 N–H and O–H groups in total. The van der Waals surface area contributed by atoms with Crippen LogP contribution in [0.15, 0.2) is 67.9 Å². The van der Waals surface area contributed by atoms with E-state index in [4.69, 9.17) is 11.5 Å². The van der Waals surface area contributed by atoms with E-state index >= 15 is 0 Å². The van der Waals surface area contributed by atoms with Gasteiger partial charge in [0, 0.05) is 22.0 Å². The highest BCUT2D eigenvalue weighted by molar-refractivity contribution is 6.11. The summed E-state index contributed by atoms with van der Waals surface area (Å²) in [5, 5.41) is 41.6. The Morgan fingerprint density at radius 3 is 1.25 bits per heavy atom. The molecule has 0 bridgehead atoms. The van der Waals surface area contributed by atoms with Crippen LogP contribution in [0.25, 0.3) is 0 Å². The monoisotopic (exact) mass is 608 g/mol. The molecular formula is C32H40N4O8. The first-order valence-electron chi connectivity index (χ1n) is 14.6. The van der Waals surface area contributed by atoms with E-state index in [1.807, 2.05) is 27.7 Å². The molecule has 44 heavy (non-hydrogen) atoms. The third-order valence-corrected chi connectivity index (χ3v) is 10.9. The normalized spacial score (nSPS) is 29.0. The molecule has 2 saturated carbocycles. The lowest BCUT2D eigenvalue weighted by Crippen LogP contribution is -2.49. The van der Waals surface area contributed by atoms with Crippen LogP contribution in [0.5, 0.6) is 0 Å². The molecule has 0 aromatic carbocycles. The zero-order valence-corrected chi connectivity index (χ0v) is 25.9. The molecule has 0 unspecified atom stereocenters. The van der Waals surface area contributed by atoms with Crippen LogP contribution in [0.3, 0.4) is 0 Å². The van der Waals surface area contributed by atoms with Crippen LogP contribution in [0.1, 0.15) is 67.2 Å². The molecule has 12 nitrogen and oxygen atoms in total. The number of ketones is 2. The zero-order chi connectivity index (χ0) is 32.9. The number of amides is 4. The van der Waals surface area contributed by atoms with Crippen molar-refractivity contribution in [1.29, 1.82) is 0 Å². The summed E-state index contributed by atoms with van der Waals surface area (Å²) in [5.41, 5.74) is 13.7. The molecular weight excluding hydrogens is 568 g/mol. The van der Waals surface area contributed by atoms with Gasteiger partial charge in [-0.2, -0.15) is 0 Å². The Morgan fingerprint density at radius 2 is 1.00 bits per heavy atom. The number of hydrogen-bond donors (Lipinski definition) is 6. The molecule has 0 radical (unpaired) electrons. The van der Waals surface area contributed by atoms with Crippen LogP contribution in [0.4, 0.5) is 9.59 Å². The number of carbonyl (C=O) groups is 4. The van der Waals surface area contributed by atoms with Crippen LogP contribution >= 0.6 is 0 Å². The van der Waals surface area contributed by atoms with Gasteiger partial charge >= 0.3 is 12.1 Å². The van der Waals surface area contributed by atoms with E-state index in [0.717, 1.165) is 59.1 Å². The predicted octanol–water partition coefficient (Wildman–Crippen LogP) is 2.89. The molecule has 2 fully saturated rings. The highest BCUT2D eigenvalue weighted by atomic mass is 16.5. The summed E-state index contributed by atoms with van der Waals surface area (Å²) in [5.74, 6) is -0.577. The van der Waals surface area contributed by atoms with E-state index in [9.17, 15) is 39.8 Å². The number of allylic oxidation sites excluding steroid dienone is 4. The first kappa shape index (κ1) is 31.6. The molecule has 2 atom stereocenters. The quantitative estimate of drug-likeness (QED) is 0.206. The minimum absolute atomic E-state index is 0.0701. The van der Waals surface area contributed by atoms with Gasteiger partial charge in [0.25, 0.3) is 0 Å². The summed E-state index contributed by atoms with van der Waals surface area (Å²) >= 11 is 0. The average Bonchev–Trinajstić information content (AvgIpc) is 3.86. The number of aliphatic hydroxyl groups is 2. The van der Waals surface area contributed by atoms with Crippen molar-refractivity contribution < 1.29 is 39.8 Å². The van der Waals surface area contributed by atoms with Gasteiger partial charge in [-0.3, -0.25) is 20.0 Å². The van der Waals surface area contributed by atoms with Crippen molar-refractivity contribution in [2.45, 2.75) is 78.4 Å². The van der Waals surface area contributed by atoms with Crippen molar-refractivity contribution in [2.75, 3.05) is 13.1 Å². The van der Waals surface area contributed by atoms with E-state index in [1.54, 1.807) is 26.0 Å². The number of urea groups is 2. The molecule has 0 aromatic heterocycles. The molecule has 0 saturated heterocycles. The zero-order valence-electron chi connectivity index (χ0n) is 25.9. The molecule has 6 rings (SSSR count). The highest BCUT2D eigenvalue weighted by Gasteiger charge is 2.66. The number of hydroxylamine groups is 4. The molecule has 0 aromatic rings. The van der Waals surface area contributed by atoms with E-state index in [0.29, 0.717) is 32.4 Å². The van der Waals surface area contributed by atoms with Crippen LogP contribution in [-0.4, -0.2) is 78.7 Å². The summed E-state index contributed by atoms with van der Waals surface area (Å²) in [6, 6.07) is -1.88. The Hall–Kier alpha value is -3.84. The van der Waals surface area contributed by atoms with Gasteiger partial charge in [0.05, 0.1) is 13.1 Å². The van der Waals surface area contributed by atoms with E-state index in [2.05, 4.69) is 0 Å². The lowest BCUT2D eigenvalue weighted by Gasteiger charge is -2.39. The Balaban J connectivity index is 0.000000175. The minimum atomic E-state index is -1.40. The lowest BCUT2D eigenvalue weighted by molar-refractivity contribution is -0.138. The predicted molar refractivity (Wildman–Crippen MR) is 158 cm³/mol. The SMILES string of the molecule is CC1=C(CN(O)C(N)=O)C2=C(C)C3(CC3)[C@@](C)(O)C(=O)C2=C1.CC1=C(CN(O)C(N)=O)C2=C(C)C3(CC3)[C@](C)(O)C(=O)C2=C1. The van der Waals surface area contributed by atoms with Crippen molar-refractivity contribution in [2.24, 2.45) is 22.3 Å². The van der Waals surface area contributed by atoms with Crippen LogP contribution in [0.2, 0.25) is 0 Å². The largest absolute Gasteiger partial charge is 0.381 e. The van der Waals surface area contributed by atoms with Gasteiger partial charge in [0.2, 0.25) is 0 Å². The van der Waals surface area contributed by atoms with Crippen molar-refractivity contribution in [3.05, 3.63) is 67.9 Å². The molecule has 6 aliphatic carbocycles. The van der Waals surface area contributed by atoms with Gasteiger partial charge in [-0.15, -0.1) is 0 Å². The number of nitrogens with zero attached hydrogens (tertiary/aromatic N) is 2. The van der Waals surface area contributed by atoms with Crippen molar-refractivity contribution in [3.8, 4) is 0 Å². The number of primary amides is 2. The fourth-order valence-electron chi connectivity index (χ4n) is 7.69.